The van der Waals surface area contributed by atoms with Gasteiger partial charge in [0.05, 0.1) is 6.54 Å². The number of amides is 1. The van der Waals surface area contributed by atoms with Crippen molar-refractivity contribution >= 4 is 5.91 Å². The van der Waals surface area contributed by atoms with E-state index in [1.54, 1.807) is 7.05 Å². The molecular weight excluding hydrogens is 178 g/mol. The lowest BCUT2D eigenvalue weighted by Crippen LogP contribution is -2.38. The highest BCUT2D eigenvalue weighted by molar-refractivity contribution is 5.78. The lowest BCUT2D eigenvalue weighted by atomic mass is 10.1. The molecule has 0 bridgehead atoms. The second-order valence-corrected chi connectivity index (χ2v) is 3.64. The van der Waals surface area contributed by atoms with Crippen LogP contribution in [0.15, 0.2) is 0 Å². The predicted octanol–water partition coefficient (Wildman–Crippen LogP) is 0.230. The van der Waals surface area contributed by atoms with Gasteiger partial charge in [0.15, 0.2) is 0 Å². The first-order valence-corrected chi connectivity index (χ1v) is 5.34. The Morgan fingerprint density at radius 2 is 2.07 bits per heavy atom. The topological polar surface area (TPSA) is 67.2 Å². The van der Waals surface area contributed by atoms with Gasteiger partial charge in [-0.25, -0.2) is 0 Å². The molecule has 0 aromatic rings. The largest absolute Gasteiger partial charge is 0.353 e. The van der Waals surface area contributed by atoms with Crippen molar-refractivity contribution in [3.05, 3.63) is 0 Å². The van der Waals surface area contributed by atoms with Gasteiger partial charge >= 0.3 is 0 Å². The molecule has 0 saturated carbocycles. The lowest BCUT2D eigenvalue weighted by molar-refractivity contribution is -0.120. The van der Waals surface area contributed by atoms with Crippen molar-refractivity contribution in [2.75, 3.05) is 20.1 Å². The van der Waals surface area contributed by atoms with E-state index in [-0.39, 0.29) is 11.9 Å². The highest BCUT2D eigenvalue weighted by Gasteiger charge is 2.05. The first kappa shape index (κ1) is 13.4. The summed E-state index contributed by atoms with van der Waals surface area (Å²) in [7, 11) is 1.77. The zero-order chi connectivity index (χ0) is 10.8. The Labute approximate surface area is 86.6 Å². The van der Waals surface area contributed by atoms with Gasteiger partial charge in [-0.15, -0.1) is 0 Å². The molecule has 0 aromatic carbocycles. The van der Waals surface area contributed by atoms with Crippen molar-refractivity contribution in [1.29, 1.82) is 0 Å². The highest BCUT2D eigenvalue weighted by atomic mass is 16.1. The smallest absolute Gasteiger partial charge is 0.234 e. The second-order valence-electron chi connectivity index (χ2n) is 3.64. The van der Waals surface area contributed by atoms with Crippen LogP contribution in [-0.4, -0.2) is 32.1 Å². The molecule has 0 aromatic heterocycles. The van der Waals surface area contributed by atoms with Crippen molar-refractivity contribution in [2.24, 2.45) is 5.73 Å². The summed E-state index contributed by atoms with van der Waals surface area (Å²) in [5, 5.41) is 5.75. The minimum atomic E-state index is 0.0684. The molecule has 0 saturated heterocycles. The molecule has 4 nitrogen and oxygen atoms in total. The van der Waals surface area contributed by atoms with Gasteiger partial charge in [-0.1, -0.05) is 12.8 Å². The fourth-order valence-corrected chi connectivity index (χ4v) is 1.33. The first-order valence-electron chi connectivity index (χ1n) is 5.34. The number of likely N-dealkylation sites (N-methyl/N-ethyl adjacent to an activating group) is 1. The van der Waals surface area contributed by atoms with Crippen molar-refractivity contribution in [3.63, 3.8) is 0 Å². The average molecular weight is 201 g/mol. The van der Waals surface area contributed by atoms with Crippen LogP contribution < -0.4 is 16.4 Å². The van der Waals surface area contributed by atoms with E-state index in [0.29, 0.717) is 6.54 Å². The molecule has 1 amide bonds. The van der Waals surface area contributed by atoms with Crippen LogP contribution in [0.2, 0.25) is 0 Å². The summed E-state index contributed by atoms with van der Waals surface area (Å²) in [5.41, 5.74) is 5.39. The fraction of sp³-hybridized carbons (Fsp3) is 0.900. The highest BCUT2D eigenvalue weighted by Crippen LogP contribution is 2.02. The molecule has 0 heterocycles. The first-order chi connectivity index (χ1) is 6.70. The van der Waals surface area contributed by atoms with Gasteiger partial charge in [0.25, 0.3) is 0 Å². The number of hydrogen-bond acceptors (Lipinski definition) is 3. The summed E-state index contributed by atoms with van der Waals surface area (Å²) in [6.07, 6.45) is 4.41. The van der Waals surface area contributed by atoms with Crippen LogP contribution in [-0.2, 0) is 4.79 Å². The van der Waals surface area contributed by atoms with E-state index in [9.17, 15) is 4.79 Å². The minimum Gasteiger partial charge on any atom is -0.353 e. The summed E-state index contributed by atoms with van der Waals surface area (Å²) < 4.78 is 0. The van der Waals surface area contributed by atoms with E-state index in [2.05, 4.69) is 10.6 Å². The number of hydrogen-bond donors (Lipinski definition) is 3. The van der Waals surface area contributed by atoms with Crippen LogP contribution >= 0.6 is 0 Å². The van der Waals surface area contributed by atoms with Crippen LogP contribution in [0.1, 0.15) is 32.6 Å². The zero-order valence-corrected chi connectivity index (χ0v) is 9.31. The van der Waals surface area contributed by atoms with E-state index in [4.69, 9.17) is 5.73 Å². The van der Waals surface area contributed by atoms with Crippen LogP contribution in [0.4, 0.5) is 0 Å². The van der Waals surface area contributed by atoms with Crippen molar-refractivity contribution in [3.8, 4) is 0 Å². The quantitative estimate of drug-likeness (QED) is 0.492. The molecule has 0 aliphatic rings. The Morgan fingerprint density at radius 1 is 1.36 bits per heavy atom. The van der Waals surface area contributed by atoms with Crippen molar-refractivity contribution in [1.82, 2.24) is 10.6 Å². The molecule has 0 spiro atoms. The van der Waals surface area contributed by atoms with Crippen LogP contribution in [0.3, 0.4) is 0 Å². The Hall–Kier alpha value is -0.610. The minimum absolute atomic E-state index is 0.0684. The third kappa shape index (κ3) is 8.01. The van der Waals surface area contributed by atoms with E-state index in [1.165, 1.54) is 0 Å². The molecule has 1 atom stereocenters. The summed E-state index contributed by atoms with van der Waals surface area (Å²) in [6.45, 7) is 3.20. The van der Waals surface area contributed by atoms with E-state index in [1.807, 2.05) is 6.92 Å². The van der Waals surface area contributed by atoms with Crippen LogP contribution in [0.5, 0.6) is 0 Å². The Bertz CT molecular complexity index is 150. The van der Waals surface area contributed by atoms with Crippen LogP contribution in [0, 0.1) is 0 Å². The Morgan fingerprint density at radius 3 is 2.64 bits per heavy atom. The molecule has 0 fully saturated rings. The number of unbranched alkanes of at least 4 members (excludes halogenated alkanes) is 2. The van der Waals surface area contributed by atoms with Crippen molar-refractivity contribution in [2.45, 2.75) is 38.6 Å². The van der Waals surface area contributed by atoms with Gasteiger partial charge in [0, 0.05) is 6.04 Å². The van der Waals surface area contributed by atoms with Gasteiger partial charge < -0.3 is 16.4 Å². The number of nitrogens with two attached hydrogens (primary N) is 1. The molecule has 1 unspecified atom stereocenters. The summed E-state index contributed by atoms with van der Waals surface area (Å²) in [6, 6.07) is 0.272. The van der Waals surface area contributed by atoms with Crippen LogP contribution in [0.25, 0.3) is 0 Å². The Balaban J connectivity index is 3.35. The monoisotopic (exact) mass is 201 g/mol. The third-order valence-corrected chi connectivity index (χ3v) is 2.09. The summed E-state index contributed by atoms with van der Waals surface area (Å²) in [4.78, 5) is 11.1. The number of rotatable bonds is 8. The average Bonchev–Trinajstić information content (AvgIpc) is 2.13. The summed E-state index contributed by atoms with van der Waals surface area (Å²) in [5.74, 6) is 0.0684. The normalized spacial score (nSPS) is 12.5. The molecule has 4 N–H and O–H groups in total. The van der Waals surface area contributed by atoms with Gasteiger partial charge in [-0.2, -0.15) is 0 Å². The fourth-order valence-electron chi connectivity index (χ4n) is 1.33. The lowest BCUT2D eigenvalue weighted by Gasteiger charge is -2.13. The van der Waals surface area contributed by atoms with Gasteiger partial charge in [0.2, 0.25) is 5.91 Å². The van der Waals surface area contributed by atoms with Crippen molar-refractivity contribution < 1.29 is 4.79 Å². The van der Waals surface area contributed by atoms with E-state index in [0.717, 1.165) is 32.2 Å². The predicted molar refractivity (Wildman–Crippen MR) is 59.1 cm³/mol. The maximum Gasteiger partial charge on any atom is 0.234 e. The second kappa shape index (κ2) is 8.97. The molecular formula is C10H23N3O. The molecule has 0 radical (unpaired) electrons. The molecule has 0 rings (SSSR count). The Kier molecular flexibility index (Phi) is 8.57. The number of nitrogens with one attached hydrogen (secondary N) is 2. The molecule has 14 heavy (non-hydrogen) atoms. The SMILES string of the molecule is CNCC(=O)NC(C)CCCCCN. The van der Waals surface area contributed by atoms with Gasteiger partial charge in [-0.05, 0) is 33.4 Å². The molecule has 4 heteroatoms. The molecule has 84 valence electrons. The molecule has 0 aliphatic carbocycles. The van der Waals surface area contributed by atoms with E-state index >= 15 is 0 Å². The molecule has 0 aliphatic heterocycles. The standard InChI is InChI=1S/C10H23N3O/c1-9(6-4-3-5-7-11)13-10(14)8-12-2/h9,12H,3-8,11H2,1-2H3,(H,13,14). The number of carbonyl (C=O) groups is 1. The maximum atomic E-state index is 11.1. The number of carbonyl (C=O) groups excluding carboxylic acids is 1. The maximum absolute atomic E-state index is 11.1. The third-order valence-electron chi connectivity index (χ3n) is 2.09. The summed E-state index contributed by atoms with van der Waals surface area (Å²) >= 11 is 0. The van der Waals surface area contributed by atoms with Gasteiger partial charge in [-0.3, -0.25) is 4.79 Å². The van der Waals surface area contributed by atoms with Gasteiger partial charge in [0.1, 0.15) is 0 Å². The van der Waals surface area contributed by atoms with E-state index < -0.39 is 0 Å². The zero-order valence-electron chi connectivity index (χ0n) is 9.31.